The third-order valence-corrected chi connectivity index (χ3v) is 4.81. The molecule has 0 spiro atoms. The van der Waals surface area contributed by atoms with Gasteiger partial charge in [-0.25, -0.2) is 9.97 Å². The van der Waals surface area contributed by atoms with Crippen LogP contribution in [0.2, 0.25) is 5.02 Å². The van der Waals surface area contributed by atoms with Crippen LogP contribution < -0.4 is 10.1 Å². The molecule has 2 heterocycles. The van der Waals surface area contributed by atoms with Gasteiger partial charge in [-0.3, -0.25) is 0 Å². The number of benzene rings is 2. The van der Waals surface area contributed by atoms with Crippen LogP contribution in [0.1, 0.15) is 11.1 Å². The highest BCUT2D eigenvalue weighted by Gasteiger charge is 2.13. The van der Waals surface area contributed by atoms with Crippen LogP contribution in [0.15, 0.2) is 65.4 Å². The molecule has 2 aromatic carbocycles. The highest BCUT2D eigenvalue weighted by molar-refractivity contribution is 6.30. The van der Waals surface area contributed by atoms with Crippen molar-refractivity contribution in [2.45, 2.75) is 13.0 Å². The van der Waals surface area contributed by atoms with Gasteiger partial charge in [-0.05, 0) is 54.4 Å². The number of halogens is 1. The monoisotopic (exact) mass is 393 g/mol. The van der Waals surface area contributed by atoms with E-state index in [2.05, 4.69) is 16.4 Å². The number of nitrogens with one attached hydrogen (secondary N) is 1. The van der Waals surface area contributed by atoms with Crippen molar-refractivity contribution >= 4 is 22.5 Å². The number of hydrogen-bond donors (Lipinski definition) is 1. The first-order valence-corrected chi connectivity index (χ1v) is 9.43. The quantitative estimate of drug-likeness (QED) is 0.453. The van der Waals surface area contributed by atoms with E-state index in [1.807, 2.05) is 42.5 Å². The number of fused-ring (bicyclic) bond motifs is 1. The zero-order valence-corrected chi connectivity index (χ0v) is 16.2. The molecule has 0 aliphatic heterocycles. The fraction of sp³-hybridized carbons (Fsp3) is 0.182. The molecule has 2 aromatic heterocycles. The summed E-state index contributed by atoms with van der Waals surface area (Å²) < 4.78 is 10.8. The number of oxazole rings is 1. The number of pyridine rings is 1. The van der Waals surface area contributed by atoms with Crippen LogP contribution in [-0.4, -0.2) is 23.6 Å². The highest BCUT2D eigenvalue weighted by Crippen LogP contribution is 2.27. The van der Waals surface area contributed by atoms with Crippen LogP contribution in [0.4, 0.5) is 0 Å². The van der Waals surface area contributed by atoms with E-state index in [1.165, 1.54) is 5.56 Å². The molecule has 4 aromatic rings. The van der Waals surface area contributed by atoms with Gasteiger partial charge >= 0.3 is 0 Å². The molecule has 0 saturated carbocycles. The minimum Gasteiger partial charge on any atom is -0.497 e. The highest BCUT2D eigenvalue weighted by atomic mass is 35.5. The molecule has 0 bridgehead atoms. The minimum atomic E-state index is 0.513. The molecule has 0 unspecified atom stereocenters. The Morgan fingerprint density at radius 3 is 2.71 bits per heavy atom. The molecule has 0 aliphatic rings. The van der Waals surface area contributed by atoms with Crippen molar-refractivity contribution in [3.05, 3.63) is 77.1 Å². The molecule has 28 heavy (non-hydrogen) atoms. The van der Waals surface area contributed by atoms with E-state index in [9.17, 15) is 0 Å². The van der Waals surface area contributed by atoms with E-state index in [-0.39, 0.29) is 0 Å². The maximum Gasteiger partial charge on any atom is 0.245 e. The maximum atomic E-state index is 5.94. The van der Waals surface area contributed by atoms with E-state index in [1.54, 1.807) is 19.6 Å². The Morgan fingerprint density at radius 1 is 1.11 bits per heavy atom. The van der Waals surface area contributed by atoms with Crippen LogP contribution in [0, 0.1) is 0 Å². The smallest absolute Gasteiger partial charge is 0.245 e. The minimum absolute atomic E-state index is 0.513. The summed E-state index contributed by atoms with van der Waals surface area (Å²) in [5, 5.41) is 5.29. The van der Waals surface area contributed by atoms with Crippen molar-refractivity contribution in [3.8, 4) is 17.3 Å². The molecule has 0 amide bonds. The van der Waals surface area contributed by atoms with Crippen molar-refractivity contribution in [3.63, 3.8) is 0 Å². The van der Waals surface area contributed by atoms with Crippen LogP contribution in [0.5, 0.6) is 5.75 Å². The van der Waals surface area contributed by atoms with Gasteiger partial charge in [0.1, 0.15) is 17.7 Å². The van der Waals surface area contributed by atoms with Gasteiger partial charge in [0.25, 0.3) is 0 Å². The second-order valence-corrected chi connectivity index (χ2v) is 6.88. The van der Waals surface area contributed by atoms with Crippen LogP contribution in [0.25, 0.3) is 22.5 Å². The molecule has 0 atom stereocenters. The van der Waals surface area contributed by atoms with Crippen molar-refractivity contribution in [2.24, 2.45) is 0 Å². The third kappa shape index (κ3) is 4.16. The molecular weight excluding hydrogens is 374 g/mol. The van der Waals surface area contributed by atoms with Crippen molar-refractivity contribution in [2.75, 3.05) is 13.7 Å². The summed E-state index contributed by atoms with van der Waals surface area (Å²) in [5.74, 6) is 1.28. The zero-order valence-electron chi connectivity index (χ0n) is 15.5. The number of hydrogen-bond acceptors (Lipinski definition) is 5. The first kappa shape index (κ1) is 18.5. The second kappa shape index (κ2) is 8.42. The summed E-state index contributed by atoms with van der Waals surface area (Å²) in [4.78, 5) is 9.06. The van der Waals surface area contributed by atoms with Crippen LogP contribution in [0.3, 0.4) is 0 Å². The molecule has 142 valence electrons. The lowest BCUT2D eigenvalue weighted by Crippen LogP contribution is -2.17. The summed E-state index contributed by atoms with van der Waals surface area (Å²) in [7, 11) is 1.65. The van der Waals surface area contributed by atoms with Crippen molar-refractivity contribution in [1.82, 2.24) is 15.3 Å². The Morgan fingerprint density at radius 2 is 1.96 bits per heavy atom. The Bertz CT molecular complexity index is 1060. The van der Waals surface area contributed by atoms with Gasteiger partial charge in [0, 0.05) is 23.0 Å². The summed E-state index contributed by atoms with van der Waals surface area (Å²) in [5.41, 5.74) is 3.87. The number of ether oxygens (including phenoxy) is 1. The van der Waals surface area contributed by atoms with Gasteiger partial charge in [0.05, 0.1) is 18.8 Å². The molecule has 5 nitrogen and oxygen atoms in total. The van der Waals surface area contributed by atoms with Crippen molar-refractivity contribution < 1.29 is 9.15 Å². The molecule has 0 saturated heterocycles. The molecule has 0 aliphatic carbocycles. The van der Waals surface area contributed by atoms with E-state index >= 15 is 0 Å². The first-order valence-electron chi connectivity index (χ1n) is 9.05. The Kier molecular flexibility index (Phi) is 5.55. The zero-order chi connectivity index (χ0) is 19.3. The van der Waals surface area contributed by atoms with Gasteiger partial charge in [-0.15, -0.1) is 0 Å². The van der Waals surface area contributed by atoms with E-state index in [0.29, 0.717) is 12.4 Å². The van der Waals surface area contributed by atoms with Crippen molar-refractivity contribution in [1.29, 1.82) is 0 Å². The summed E-state index contributed by atoms with van der Waals surface area (Å²) >= 11 is 5.94. The second-order valence-electron chi connectivity index (χ2n) is 6.45. The third-order valence-electron chi connectivity index (χ3n) is 4.56. The summed E-state index contributed by atoms with van der Waals surface area (Å²) in [6, 6.07) is 15.9. The van der Waals surface area contributed by atoms with Gasteiger partial charge in [-0.2, -0.15) is 0 Å². The SMILES string of the molecule is COc1ccc2cc(CNCCc3ccc(Cl)cc3)c(-c3ncco3)nc2c1. The van der Waals surface area contributed by atoms with Crippen LogP contribution >= 0.6 is 11.6 Å². The first-order chi connectivity index (χ1) is 13.7. The predicted octanol–water partition coefficient (Wildman–Crippen LogP) is 4.88. The predicted molar refractivity (Wildman–Crippen MR) is 111 cm³/mol. The fourth-order valence-electron chi connectivity index (χ4n) is 3.08. The molecule has 6 heteroatoms. The van der Waals surface area contributed by atoms with Gasteiger partial charge < -0.3 is 14.5 Å². The number of methoxy groups -OCH3 is 1. The molecular formula is C22H20ClN3O2. The Balaban J connectivity index is 1.54. The normalized spacial score (nSPS) is 11.1. The maximum absolute atomic E-state index is 5.94. The van der Waals surface area contributed by atoms with Gasteiger partial charge in [0.2, 0.25) is 5.89 Å². The molecule has 4 rings (SSSR count). The average molecular weight is 394 g/mol. The average Bonchev–Trinajstić information content (AvgIpc) is 3.26. The number of aromatic nitrogens is 2. The van der Waals surface area contributed by atoms with Gasteiger partial charge in [-0.1, -0.05) is 23.7 Å². The molecule has 0 radical (unpaired) electrons. The summed E-state index contributed by atoms with van der Waals surface area (Å²) in [6.07, 6.45) is 4.11. The van der Waals surface area contributed by atoms with Crippen LogP contribution in [-0.2, 0) is 13.0 Å². The standard InChI is InChI=1S/C22H20ClN3O2/c1-27-19-7-4-16-12-17(14-24-9-8-15-2-5-18(23)6-3-15)21(26-20(16)13-19)22-25-10-11-28-22/h2-7,10-13,24H,8-9,14H2,1H3. The van der Waals surface area contributed by atoms with E-state index < -0.39 is 0 Å². The Hall–Kier alpha value is -2.89. The molecule has 0 fully saturated rings. The number of rotatable bonds is 7. The lowest BCUT2D eigenvalue weighted by molar-refractivity contribution is 0.415. The van der Waals surface area contributed by atoms with E-state index in [0.717, 1.165) is 45.9 Å². The topological polar surface area (TPSA) is 60.2 Å². The van der Waals surface area contributed by atoms with Gasteiger partial charge in [0.15, 0.2) is 0 Å². The lowest BCUT2D eigenvalue weighted by atomic mass is 10.1. The lowest BCUT2D eigenvalue weighted by Gasteiger charge is -2.11. The summed E-state index contributed by atoms with van der Waals surface area (Å²) in [6.45, 7) is 1.51. The van der Waals surface area contributed by atoms with E-state index in [4.69, 9.17) is 25.7 Å². The largest absolute Gasteiger partial charge is 0.497 e. The molecule has 1 N–H and O–H groups in total. The Labute approximate surface area is 168 Å². The fourth-order valence-corrected chi connectivity index (χ4v) is 3.21. The number of nitrogens with zero attached hydrogens (tertiary/aromatic N) is 2.